The summed E-state index contributed by atoms with van der Waals surface area (Å²) in [7, 11) is -3.74. The molecule has 6 heteroatoms. The molecule has 4 nitrogen and oxygen atoms in total. The summed E-state index contributed by atoms with van der Waals surface area (Å²) in [5.74, 6) is 0.528. The monoisotopic (exact) mass is 412 g/mol. The molecule has 4 rings (SSSR count). The van der Waals surface area contributed by atoms with Crippen LogP contribution in [0, 0.1) is 12.8 Å². The summed E-state index contributed by atoms with van der Waals surface area (Å²) >= 11 is 1.58. The fourth-order valence-corrected chi connectivity index (χ4v) is 6.14. The Morgan fingerprint density at radius 3 is 2.61 bits per heavy atom. The van der Waals surface area contributed by atoms with Gasteiger partial charge in [-0.3, -0.25) is 0 Å². The predicted octanol–water partition coefficient (Wildman–Crippen LogP) is 4.62. The first-order valence-corrected chi connectivity index (χ1v) is 11.9. The minimum absolute atomic E-state index is 0.243. The van der Waals surface area contributed by atoms with Gasteiger partial charge in [0.15, 0.2) is 5.17 Å². The number of fused-ring (bicyclic) bond motifs is 1. The molecular weight excluding hydrogens is 388 g/mol. The molecule has 1 saturated heterocycles. The van der Waals surface area contributed by atoms with Crippen LogP contribution in [0.5, 0.6) is 0 Å². The van der Waals surface area contributed by atoms with Crippen LogP contribution in [0.2, 0.25) is 0 Å². The average Bonchev–Trinajstić information content (AvgIpc) is 2.69. The number of rotatable bonds is 4. The molecule has 2 aromatic rings. The number of hydrogen-bond donors (Lipinski definition) is 0. The fraction of sp³-hybridized carbons (Fsp3) is 0.318. The van der Waals surface area contributed by atoms with Crippen molar-refractivity contribution in [1.82, 2.24) is 4.90 Å². The third-order valence-electron chi connectivity index (χ3n) is 5.19. The first kappa shape index (κ1) is 19.3. The lowest BCUT2D eigenvalue weighted by molar-refractivity contribution is 0.317. The minimum Gasteiger partial charge on any atom is -0.346 e. The van der Waals surface area contributed by atoms with Crippen molar-refractivity contribution in [2.24, 2.45) is 10.3 Å². The number of aryl methyl sites for hydroxylation is 1. The third kappa shape index (κ3) is 4.33. The summed E-state index contributed by atoms with van der Waals surface area (Å²) in [4.78, 5) is 2.37. The molecule has 0 radical (unpaired) electrons. The molecule has 0 aromatic heterocycles. The quantitative estimate of drug-likeness (QED) is 0.688. The molecule has 2 aromatic carbocycles. The van der Waals surface area contributed by atoms with Gasteiger partial charge in [-0.05, 0) is 43.4 Å². The van der Waals surface area contributed by atoms with Gasteiger partial charge in [-0.25, -0.2) is 0 Å². The van der Waals surface area contributed by atoms with Crippen molar-refractivity contribution in [3.05, 3.63) is 77.9 Å². The zero-order valence-corrected chi connectivity index (χ0v) is 17.5. The maximum atomic E-state index is 12.9. The third-order valence-corrected chi connectivity index (χ3v) is 7.97. The molecule has 1 fully saturated rings. The van der Waals surface area contributed by atoms with Gasteiger partial charge in [0, 0.05) is 18.3 Å². The largest absolute Gasteiger partial charge is 0.346 e. The van der Waals surface area contributed by atoms with E-state index in [1.807, 2.05) is 37.3 Å². The Labute approximate surface area is 171 Å². The summed E-state index contributed by atoms with van der Waals surface area (Å²) in [6.45, 7) is 3.44. The number of benzene rings is 2. The fourth-order valence-electron chi connectivity index (χ4n) is 3.63. The maximum Gasteiger partial charge on any atom is 0.284 e. The molecule has 2 aliphatic rings. The van der Waals surface area contributed by atoms with Crippen molar-refractivity contribution in [2.75, 3.05) is 6.54 Å². The topological polar surface area (TPSA) is 49.7 Å². The zero-order valence-electron chi connectivity index (χ0n) is 15.9. The lowest BCUT2D eigenvalue weighted by atomic mass is 9.93. The van der Waals surface area contributed by atoms with E-state index in [2.05, 4.69) is 33.6 Å². The molecule has 0 unspecified atom stereocenters. The molecule has 1 aliphatic carbocycles. The number of nitrogens with zero attached hydrogens (tertiary/aromatic N) is 2. The molecule has 1 heterocycles. The average molecular weight is 413 g/mol. The highest BCUT2D eigenvalue weighted by Crippen LogP contribution is 2.37. The van der Waals surface area contributed by atoms with E-state index >= 15 is 0 Å². The molecule has 0 spiro atoms. The van der Waals surface area contributed by atoms with Crippen LogP contribution in [0.4, 0.5) is 0 Å². The maximum absolute atomic E-state index is 12.9. The summed E-state index contributed by atoms with van der Waals surface area (Å²) in [5, 5.41) is 0.893. The number of hydrogen-bond acceptors (Lipinski definition) is 3. The lowest BCUT2D eigenvalue weighted by Gasteiger charge is -2.40. The second kappa shape index (κ2) is 8.13. The van der Waals surface area contributed by atoms with Gasteiger partial charge in [-0.1, -0.05) is 71.9 Å². The summed E-state index contributed by atoms with van der Waals surface area (Å²) in [5.41, 5.74) is 2.19. The molecule has 2 atom stereocenters. The highest BCUT2D eigenvalue weighted by atomic mass is 32.2. The molecule has 28 heavy (non-hydrogen) atoms. The van der Waals surface area contributed by atoms with Gasteiger partial charge < -0.3 is 4.90 Å². The molecule has 0 amide bonds. The van der Waals surface area contributed by atoms with Crippen molar-refractivity contribution < 1.29 is 8.42 Å². The molecule has 0 bridgehead atoms. The normalized spacial score (nSPS) is 23.6. The van der Waals surface area contributed by atoms with E-state index in [0.29, 0.717) is 22.9 Å². The molecule has 1 aliphatic heterocycles. The number of thioether (sulfide) groups is 1. The number of amidine groups is 1. The van der Waals surface area contributed by atoms with Crippen LogP contribution in [0.15, 0.2) is 76.0 Å². The van der Waals surface area contributed by atoms with Crippen LogP contribution < -0.4 is 0 Å². The van der Waals surface area contributed by atoms with Crippen LogP contribution in [0.1, 0.15) is 24.0 Å². The van der Waals surface area contributed by atoms with Gasteiger partial charge >= 0.3 is 0 Å². The second-order valence-electron chi connectivity index (χ2n) is 7.38. The van der Waals surface area contributed by atoms with Crippen molar-refractivity contribution in [3.8, 4) is 0 Å². The van der Waals surface area contributed by atoms with Crippen molar-refractivity contribution in [3.63, 3.8) is 0 Å². The Morgan fingerprint density at radius 1 is 1.11 bits per heavy atom. The SMILES string of the molecule is Cc1ccc(S(=O)(=O)/N=C2\S[C@H]3C=CCC[C@H]3CN2Cc2ccccc2)cc1. The van der Waals surface area contributed by atoms with Crippen molar-refractivity contribution >= 4 is 27.0 Å². The summed E-state index contributed by atoms with van der Waals surface area (Å²) in [6, 6.07) is 17.0. The van der Waals surface area contributed by atoms with Gasteiger partial charge in [0.2, 0.25) is 0 Å². The minimum atomic E-state index is -3.74. The van der Waals surface area contributed by atoms with Crippen LogP contribution in [0.3, 0.4) is 0 Å². The number of allylic oxidation sites excluding steroid dienone is 1. The second-order valence-corrected chi connectivity index (χ2v) is 10.1. The molecule has 146 valence electrons. The first-order valence-electron chi connectivity index (χ1n) is 9.55. The predicted molar refractivity (Wildman–Crippen MR) is 116 cm³/mol. The standard InChI is InChI=1S/C22H24N2O2S2/c1-17-11-13-20(14-12-17)28(25,26)23-22-24(15-18-7-3-2-4-8-18)16-19-9-5-6-10-21(19)27-22/h2-4,6-8,10-14,19,21H,5,9,15-16H2,1H3/b23-22-/t19-,21-/m0/s1. The lowest BCUT2D eigenvalue weighted by Crippen LogP contribution is -2.43. The van der Waals surface area contributed by atoms with E-state index in [1.54, 1.807) is 23.9 Å². The highest BCUT2D eigenvalue weighted by Gasteiger charge is 2.34. The Morgan fingerprint density at radius 2 is 1.86 bits per heavy atom. The van der Waals surface area contributed by atoms with Crippen LogP contribution in [0.25, 0.3) is 0 Å². The van der Waals surface area contributed by atoms with E-state index in [1.165, 1.54) is 0 Å². The Hall–Kier alpha value is -2.05. The smallest absolute Gasteiger partial charge is 0.284 e. The Bertz CT molecular complexity index is 983. The zero-order chi connectivity index (χ0) is 19.6. The van der Waals surface area contributed by atoms with Gasteiger partial charge in [0.1, 0.15) is 0 Å². The molecule has 0 N–H and O–H groups in total. The van der Waals surface area contributed by atoms with E-state index in [9.17, 15) is 8.42 Å². The van der Waals surface area contributed by atoms with Gasteiger partial charge in [-0.15, -0.1) is 4.40 Å². The Balaban J connectivity index is 1.67. The van der Waals surface area contributed by atoms with Crippen molar-refractivity contribution in [2.45, 2.75) is 36.5 Å². The van der Waals surface area contributed by atoms with E-state index in [-0.39, 0.29) is 4.90 Å². The first-order chi connectivity index (χ1) is 13.5. The van der Waals surface area contributed by atoms with Crippen LogP contribution in [-0.4, -0.2) is 30.3 Å². The molecule has 0 saturated carbocycles. The van der Waals surface area contributed by atoms with Gasteiger partial charge in [-0.2, -0.15) is 8.42 Å². The Kier molecular flexibility index (Phi) is 5.60. The molecular formula is C22H24N2O2S2. The number of sulfonamides is 1. The summed E-state index contributed by atoms with van der Waals surface area (Å²) in [6.07, 6.45) is 6.65. The van der Waals surface area contributed by atoms with E-state index in [4.69, 9.17) is 0 Å². The van der Waals surface area contributed by atoms with Crippen molar-refractivity contribution in [1.29, 1.82) is 0 Å². The van der Waals surface area contributed by atoms with Crippen LogP contribution in [-0.2, 0) is 16.6 Å². The summed E-state index contributed by atoms with van der Waals surface area (Å²) < 4.78 is 30.1. The van der Waals surface area contributed by atoms with E-state index < -0.39 is 10.0 Å². The van der Waals surface area contributed by atoms with Gasteiger partial charge in [0.05, 0.1) is 4.90 Å². The highest BCUT2D eigenvalue weighted by molar-refractivity contribution is 8.15. The van der Waals surface area contributed by atoms with Gasteiger partial charge in [0.25, 0.3) is 10.0 Å². The van der Waals surface area contributed by atoms with E-state index in [0.717, 1.165) is 30.5 Å². The van der Waals surface area contributed by atoms with Crippen LogP contribution >= 0.6 is 11.8 Å².